The van der Waals surface area contributed by atoms with Gasteiger partial charge in [-0.3, -0.25) is 9.59 Å². The third kappa shape index (κ3) is 3.67. The van der Waals surface area contributed by atoms with Gasteiger partial charge in [0.15, 0.2) is 0 Å². The first-order chi connectivity index (χ1) is 14.5. The van der Waals surface area contributed by atoms with Crippen LogP contribution in [0.3, 0.4) is 0 Å². The number of amides is 2. The number of primary amides is 1. The van der Waals surface area contributed by atoms with Crippen molar-refractivity contribution in [3.05, 3.63) is 82.9 Å². The summed E-state index contributed by atoms with van der Waals surface area (Å²) < 4.78 is 2.28. The largest absolute Gasteiger partial charge is 0.366 e. The Balaban J connectivity index is 1.61. The predicted molar refractivity (Wildman–Crippen MR) is 123 cm³/mol. The summed E-state index contributed by atoms with van der Waals surface area (Å²) in [4.78, 5) is 23.7. The minimum atomic E-state index is -0.586. The van der Waals surface area contributed by atoms with Crippen molar-refractivity contribution in [3.8, 4) is 0 Å². The predicted octanol–water partition coefficient (Wildman–Crippen LogP) is 5.22. The smallest absolute Gasteiger partial charge is 0.248 e. The van der Waals surface area contributed by atoms with Crippen molar-refractivity contribution in [2.45, 2.75) is 13.5 Å². The van der Waals surface area contributed by atoms with E-state index in [1.807, 2.05) is 18.2 Å². The molecule has 2 amide bonds. The normalized spacial score (nSPS) is 11.4. The second kappa shape index (κ2) is 8.05. The minimum Gasteiger partial charge on any atom is -0.366 e. The lowest BCUT2D eigenvalue weighted by atomic mass is 10.1. The van der Waals surface area contributed by atoms with Crippen LogP contribution in [0.2, 0.25) is 5.02 Å². The first-order valence-corrected chi connectivity index (χ1v) is 9.95. The van der Waals surface area contributed by atoms with Crippen molar-refractivity contribution in [1.82, 2.24) is 4.57 Å². The number of aryl methyl sites for hydroxylation is 1. The van der Waals surface area contributed by atoms with Gasteiger partial charge in [0, 0.05) is 40.0 Å². The van der Waals surface area contributed by atoms with E-state index in [0.717, 1.165) is 23.0 Å². The number of benzene rings is 3. The van der Waals surface area contributed by atoms with E-state index in [2.05, 4.69) is 41.1 Å². The SMILES string of the molecule is CCn1c2ccccc2c2cc(/C=C/C(=O)Nc3cc(C(N)=O)ccc3Cl)ccc21. The van der Waals surface area contributed by atoms with Gasteiger partial charge in [0.1, 0.15) is 0 Å². The minimum absolute atomic E-state index is 0.274. The molecule has 1 aromatic heterocycles. The average Bonchev–Trinajstić information content (AvgIpc) is 3.06. The molecular formula is C24H20ClN3O2. The van der Waals surface area contributed by atoms with E-state index in [1.54, 1.807) is 6.08 Å². The van der Waals surface area contributed by atoms with Crippen molar-refractivity contribution < 1.29 is 9.59 Å². The Labute approximate surface area is 178 Å². The zero-order valence-corrected chi connectivity index (χ0v) is 17.1. The Kier molecular flexibility index (Phi) is 5.29. The third-order valence-corrected chi connectivity index (χ3v) is 5.38. The third-order valence-electron chi connectivity index (χ3n) is 5.05. The van der Waals surface area contributed by atoms with E-state index in [4.69, 9.17) is 17.3 Å². The zero-order valence-electron chi connectivity index (χ0n) is 16.4. The number of carbonyl (C=O) groups is 2. The maximum atomic E-state index is 12.4. The molecule has 0 aliphatic heterocycles. The van der Waals surface area contributed by atoms with E-state index >= 15 is 0 Å². The number of anilines is 1. The fourth-order valence-corrected chi connectivity index (χ4v) is 3.80. The topological polar surface area (TPSA) is 77.1 Å². The molecule has 150 valence electrons. The summed E-state index contributed by atoms with van der Waals surface area (Å²) in [5, 5.41) is 5.35. The first kappa shape index (κ1) is 19.7. The quantitative estimate of drug-likeness (QED) is 0.437. The van der Waals surface area contributed by atoms with Gasteiger partial charge in [-0.1, -0.05) is 35.9 Å². The number of aromatic nitrogens is 1. The number of nitrogens with zero attached hydrogens (tertiary/aromatic N) is 1. The molecule has 0 bridgehead atoms. The maximum absolute atomic E-state index is 12.4. The van der Waals surface area contributed by atoms with Gasteiger partial charge in [-0.2, -0.15) is 0 Å². The molecule has 3 aromatic carbocycles. The van der Waals surface area contributed by atoms with Crippen molar-refractivity contribution in [1.29, 1.82) is 0 Å². The highest BCUT2D eigenvalue weighted by Crippen LogP contribution is 2.30. The highest BCUT2D eigenvalue weighted by molar-refractivity contribution is 6.34. The Hall–Kier alpha value is -3.57. The van der Waals surface area contributed by atoms with Crippen LogP contribution in [0.4, 0.5) is 5.69 Å². The van der Waals surface area contributed by atoms with Crippen LogP contribution in [0.5, 0.6) is 0 Å². The van der Waals surface area contributed by atoms with E-state index in [1.165, 1.54) is 35.2 Å². The molecule has 4 rings (SSSR count). The zero-order chi connectivity index (χ0) is 21.3. The number of carbonyl (C=O) groups excluding carboxylic acids is 2. The molecule has 6 heteroatoms. The number of nitrogens with one attached hydrogen (secondary N) is 1. The molecule has 0 radical (unpaired) electrons. The standard InChI is InChI=1S/C24H20ClN3O2/c1-2-28-21-6-4-3-5-17(21)18-13-15(7-11-22(18)28)8-12-23(29)27-20-14-16(24(26)30)9-10-19(20)25/h3-14H,2H2,1H3,(H2,26,30)(H,27,29)/b12-8+. The second-order valence-corrected chi connectivity index (χ2v) is 7.33. The number of halogens is 1. The number of hydrogen-bond donors (Lipinski definition) is 2. The molecule has 0 atom stereocenters. The van der Waals surface area contributed by atoms with Gasteiger partial charge in [-0.15, -0.1) is 0 Å². The fraction of sp³-hybridized carbons (Fsp3) is 0.0833. The van der Waals surface area contributed by atoms with Crippen molar-refractivity contribution >= 4 is 57.0 Å². The Morgan fingerprint density at radius 1 is 1.03 bits per heavy atom. The molecule has 3 N–H and O–H groups in total. The monoisotopic (exact) mass is 417 g/mol. The highest BCUT2D eigenvalue weighted by Gasteiger charge is 2.10. The molecule has 4 aromatic rings. The molecule has 0 fully saturated rings. The van der Waals surface area contributed by atoms with Crippen LogP contribution in [0, 0.1) is 0 Å². The number of hydrogen-bond acceptors (Lipinski definition) is 2. The lowest BCUT2D eigenvalue weighted by molar-refractivity contribution is -0.111. The van der Waals surface area contributed by atoms with Gasteiger partial charge < -0.3 is 15.6 Å². The molecule has 0 saturated heterocycles. The summed E-state index contributed by atoms with van der Waals surface area (Å²) in [5.41, 5.74) is 9.16. The molecule has 0 spiro atoms. The molecule has 30 heavy (non-hydrogen) atoms. The number of fused-ring (bicyclic) bond motifs is 3. The van der Waals surface area contributed by atoms with Gasteiger partial charge in [0.2, 0.25) is 11.8 Å². The molecule has 0 saturated carbocycles. The highest BCUT2D eigenvalue weighted by atomic mass is 35.5. The van der Waals surface area contributed by atoms with Crippen LogP contribution in [0.1, 0.15) is 22.8 Å². The number of rotatable bonds is 5. The lowest BCUT2D eigenvalue weighted by Gasteiger charge is -2.06. The van der Waals surface area contributed by atoms with E-state index in [-0.39, 0.29) is 11.5 Å². The Morgan fingerprint density at radius 3 is 2.57 bits per heavy atom. The molecule has 5 nitrogen and oxygen atoms in total. The summed E-state index contributed by atoms with van der Waals surface area (Å²) in [6, 6.07) is 18.9. The maximum Gasteiger partial charge on any atom is 0.248 e. The van der Waals surface area contributed by atoms with E-state index in [9.17, 15) is 9.59 Å². The van der Waals surface area contributed by atoms with Crippen LogP contribution in [0.25, 0.3) is 27.9 Å². The average molecular weight is 418 g/mol. The lowest BCUT2D eigenvalue weighted by Crippen LogP contribution is -2.13. The Bertz CT molecular complexity index is 1320. The van der Waals surface area contributed by atoms with Crippen molar-refractivity contribution in [2.24, 2.45) is 5.73 Å². The molecule has 0 aliphatic carbocycles. The molecular weight excluding hydrogens is 398 g/mol. The van der Waals surface area contributed by atoms with E-state index in [0.29, 0.717) is 10.7 Å². The fourth-order valence-electron chi connectivity index (χ4n) is 3.64. The number of nitrogens with two attached hydrogens (primary N) is 1. The van der Waals surface area contributed by atoms with Gasteiger partial charge >= 0.3 is 0 Å². The summed E-state index contributed by atoms with van der Waals surface area (Å²) in [6.45, 7) is 3.01. The first-order valence-electron chi connectivity index (χ1n) is 9.57. The van der Waals surface area contributed by atoms with Crippen LogP contribution in [-0.2, 0) is 11.3 Å². The van der Waals surface area contributed by atoms with Crippen molar-refractivity contribution in [2.75, 3.05) is 5.32 Å². The van der Waals surface area contributed by atoms with Gasteiger partial charge in [0.25, 0.3) is 0 Å². The summed E-state index contributed by atoms with van der Waals surface area (Å²) >= 11 is 6.11. The summed E-state index contributed by atoms with van der Waals surface area (Å²) in [6.07, 6.45) is 3.19. The van der Waals surface area contributed by atoms with Gasteiger partial charge in [0.05, 0.1) is 10.7 Å². The van der Waals surface area contributed by atoms with Crippen LogP contribution < -0.4 is 11.1 Å². The van der Waals surface area contributed by atoms with Crippen LogP contribution in [-0.4, -0.2) is 16.4 Å². The van der Waals surface area contributed by atoms with Crippen molar-refractivity contribution in [3.63, 3.8) is 0 Å². The van der Waals surface area contributed by atoms with Crippen LogP contribution >= 0.6 is 11.6 Å². The summed E-state index contributed by atoms with van der Waals surface area (Å²) in [5.74, 6) is -0.938. The Morgan fingerprint density at radius 2 is 1.80 bits per heavy atom. The molecule has 1 heterocycles. The molecule has 0 unspecified atom stereocenters. The van der Waals surface area contributed by atoms with Gasteiger partial charge in [-0.05, 0) is 55.0 Å². The van der Waals surface area contributed by atoms with Crippen LogP contribution in [0.15, 0.2) is 66.7 Å². The van der Waals surface area contributed by atoms with E-state index < -0.39 is 5.91 Å². The van der Waals surface area contributed by atoms with Gasteiger partial charge in [-0.25, -0.2) is 0 Å². The second-order valence-electron chi connectivity index (χ2n) is 6.92. The summed E-state index contributed by atoms with van der Waals surface area (Å²) in [7, 11) is 0. The number of para-hydroxylation sites is 1. The molecule has 0 aliphatic rings.